The van der Waals surface area contributed by atoms with Gasteiger partial charge in [0.25, 0.3) is 0 Å². The summed E-state index contributed by atoms with van der Waals surface area (Å²) in [5, 5.41) is 0. The number of likely N-dealkylation sites (tertiary alicyclic amines) is 1. The quantitative estimate of drug-likeness (QED) is 0.636. The van der Waals surface area contributed by atoms with E-state index in [2.05, 4.69) is 4.90 Å². The fourth-order valence-corrected chi connectivity index (χ4v) is 1.33. The van der Waals surface area contributed by atoms with Crippen LogP contribution in [0.25, 0.3) is 0 Å². The highest BCUT2D eigenvalue weighted by molar-refractivity contribution is 5.85. The van der Waals surface area contributed by atoms with Crippen molar-refractivity contribution >= 4 is 12.4 Å². The molecule has 0 aliphatic carbocycles. The molecule has 3 heteroatoms. The van der Waals surface area contributed by atoms with E-state index in [-0.39, 0.29) is 12.4 Å². The highest BCUT2D eigenvalue weighted by atomic mass is 35.5. The Balaban J connectivity index is 0.00000121. The van der Waals surface area contributed by atoms with Gasteiger partial charge in [0, 0.05) is 13.1 Å². The number of hydrogen-bond acceptors (Lipinski definition) is 2. The minimum absolute atomic E-state index is 0. The molecule has 1 saturated heterocycles. The molecular weight excluding hydrogens is 174 g/mol. The fraction of sp³-hybridized carbons (Fsp3) is 0.778. The molecule has 0 saturated carbocycles. The predicted octanol–water partition coefficient (Wildman–Crippen LogP) is 2.40. The van der Waals surface area contributed by atoms with Gasteiger partial charge in [-0.25, -0.2) is 0 Å². The lowest BCUT2D eigenvalue weighted by atomic mass is 10.1. The Kier molecular flexibility index (Phi) is 7.31. The third kappa shape index (κ3) is 4.62. The van der Waals surface area contributed by atoms with Crippen LogP contribution in [0.15, 0.2) is 12.3 Å². The summed E-state index contributed by atoms with van der Waals surface area (Å²) < 4.78 is 5.27. The van der Waals surface area contributed by atoms with Crippen LogP contribution in [-0.4, -0.2) is 24.7 Å². The second-order valence-electron chi connectivity index (χ2n) is 2.94. The SMILES string of the molecule is CC=COCN1CCCCC1.Cl. The summed E-state index contributed by atoms with van der Waals surface area (Å²) in [6.45, 7) is 5.15. The molecule has 0 aromatic heterocycles. The highest BCUT2D eigenvalue weighted by Crippen LogP contribution is 2.07. The van der Waals surface area contributed by atoms with E-state index in [0.29, 0.717) is 0 Å². The summed E-state index contributed by atoms with van der Waals surface area (Å²) in [5.41, 5.74) is 0. The number of hydrogen-bond donors (Lipinski definition) is 0. The minimum Gasteiger partial charge on any atom is -0.486 e. The topological polar surface area (TPSA) is 12.5 Å². The molecule has 2 nitrogen and oxygen atoms in total. The van der Waals surface area contributed by atoms with Crippen LogP contribution in [0.5, 0.6) is 0 Å². The number of rotatable bonds is 3. The van der Waals surface area contributed by atoms with E-state index in [4.69, 9.17) is 4.74 Å². The van der Waals surface area contributed by atoms with Gasteiger partial charge in [-0.1, -0.05) is 12.5 Å². The van der Waals surface area contributed by atoms with Crippen molar-refractivity contribution < 1.29 is 4.74 Å². The van der Waals surface area contributed by atoms with Gasteiger partial charge in [0.1, 0.15) is 6.73 Å². The van der Waals surface area contributed by atoms with Gasteiger partial charge in [-0.3, -0.25) is 4.90 Å². The van der Waals surface area contributed by atoms with Crippen LogP contribution >= 0.6 is 12.4 Å². The maximum Gasteiger partial charge on any atom is 0.141 e. The highest BCUT2D eigenvalue weighted by Gasteiger charge is 2.08. The number of nitrogens with zero attached hydrogens (tertiary/aromatic N) is 1. The lowest BCUT2D eigenvalue weighted by Gasteiger charge is -2.25. The van der Waals surface area contributed by atoms with E-state index < -0.39 is 0 Å². The van der Waals surface area contributed by atoms with Gasteiger partial charge in [0.15, 0.2) is 0 Å². The van der Waals surface area contributed by atoms with Gasteiger partial charge in [-0.2, -0.15) is 0 Å². The van der Waals surface area contributed by atoms with Crippen LogP contribution in [0.3, 0.4) is 0 Å². The summed E-state index contributed by atoms with van der Waals surface area (Å²) in [6, 6.07) is 0. The summed E-state index contributed by atoms with van der Waals surface area (Å²) in [5.74, 6) is 0. The monoisotopic (exact) mass is 191 g/mol. The molecule has 1 aliphatic rings. The van der Waals surface area contributed by atoms with Crippen molar-refractivity contribution in [3.8, 4) is 0 Å². The third-order valence-corrected chi connectivity index (χ3v) is 1.94. The Morgan fingerprint density at radius 1 is 1.25 bits per heavy atom. The van der Waals surface area contributed by atoms with Crippen molar-refractivity contribution in [2.45, 2.75) is 26.2 Å². The average molecular weight is 192 g/mol. The Morgan fingerprint density at radius 2 is 1.92 bits per heavy atom. The lowest BCUT2D eigenvalue weighted by molar-refractivity contribution is 0.0749. The largest absolute Gasteiger partial charge is 0.486 e. The molecule has 1 aliphatic heterocycles. The van der Waals surface area contributed by atoms with Crippen LogP contribution in [0.1, 0.15) is 26.2 Å². The number of allylic oxidation sites excluding steroid dienone is 1. The molecule has 0 aromatic rings. The van der Waals surface area contributed by atoms with Crippen molar-refractivity contribution in [2.75, 3.05) is 19.8 Å². The molecule has 0 N–H and O–H groups in total. The van der Waals surface area contributed by atoms with Gasteiger partial charge in [0.05, 0.1) is 6.26 Å². The van der Waals surface area contributed by atoms with Crippen molar-refractivity contribution in [2.24, 2.45) is 0 Å². The summed E-state index contributed by atoms with van der Waals surface area (Å²) in [7, 11) is 0. The van der Waals surface area contributed by atoms with Crippen LogP contribution in [0.2, 0.25) is 0 Å². The molecule has 0 bridgehead atoms. The zero-order valence-corrected chi connectivity index (χ0v) is 8.48. The first-order valence-electron chi connectivity index (χ1n) is 4.38. The Bertz CT molecular complexity index is 122. The normalized spacial score (nSPS) is 19.1. The molecule has 1 heterocycles. The van der Waals surface area contributed by atoms with Gasteiger partial charge in [-0.15, -0.1) is 12.4 Å². The molecule has 0 amide bonds. The van der Waals surface area contributed by atoms with Crippen molar-refractivity contribution in [3.63, 3.8) is 0 Å². The second kappa shape index (κ2) is 7.44. The van der Waals surface area contributed by atoms with E-state index in [9.17, 15) is 0 Å². The van der Waals surface area contributed by atoms with E-state index in [1.165, 1.54) is 32.4 Å². The molecular formula is C9H18ClNO. The van der Waals surface area contributed by atoms with Crippen LogP contribution in [0.4, 0.5) is 0 Å². The number of ether oxygens (including phenoxy) is 1. The number of piperidine rings is 1. The minimum atomic E-state index is 0. The van der Waals surface area contributed by atoms with Gasteiger partial charge in [0.2, 0.25) is 0 Å². The van der Waals surface area contributed by atoms with E-state index in [1.807, 2.05) is 13.0 Å². The standard InChI is InChI=1S/C9H17NO.ClH/c1-2-8-11-9-10-6-4-3-5-7-10;/h2,8H,3-7,9H2,1H3;1H. The van der Waals surface area contributed by atoms with Crippen molar-refractivity contribution in [1.82, 2.24) is 4.90 Å². The first-order valence-corrected chi connectivity index (χ1v) is 4.38. The smallest absolute Gasteiger partial charge is 0.141 e. The molecule has 0 atom stereocenters. The lowest BCUT2D eigenvalue weighted by Crippen LogP contribution is -2.31. The fourth-order valence-electron chi connectivity index (χ4n) is 1.33. The van der Waals surface area contributed by atoms with Crippen LogP contribution in [0, 0.1) is 0 Å². The predicted molar refractivity (Wildman–Crippen MR) is 53.4 cm³/mol. The zero-order chi connectivity index (χ0) is 7.94. The summed E-state index contributed by atoms with van der Waals surface area (Å²) in [6.07, 6.45) is 7.73. The van der Waals surface area contributed by atoms with Crippen molar-refractivity contribution in [1.29, 1.82) is 0 Å². The van der Waals surface area contributed by atoms with E-state index in [1.54, 1.807) is 6.26 Å². The Morgan fingerprint density at radius 3 is 2.50 bits per heavy atom. The van der Waals surface area contributed by atoms with Gasteiger partial charge >= 0.3 is 0 Å². The second-order valence-corrected chi connectivity index (χ2v) is 2.94. The van der Waals surface area contributed by atoms with E-state index in [0.717, 1.165) is 6.73 Å². The van der Waals surface area contributed by atoms with Gasteiger partial charge in [-0.05, 0) is 19.8 Å². The van der Waals surface area contributed by atoms with Crippen LogP contribution in [-0.2, 0) is 4.74 Å². The Hall–Kier alpha value is -0.210. The molecule has 12 heavy (non-hydrogen) atoms. The molecule has 1 rings (SSSR count). The third-order valence-electron chi connectivity index (χ3n) is 1.94. The Labute approximate surface area is 81.0 Å². The summed E-state index contributed by atoms with van der Waals surface area (Å²) >= 11 is 0. The van der Waals surface area contributed by atoms with Crippen molar-refractivity contribution in [3.05, 3.63) is 12.3 Å². The van der Waals surface area contributed by atoms with E-state index >= 15 is 0 Å². The summed E-state index contributed by atoms with van der Waals surface area (Å²) in [4.78, 5) is 2.35. The first kappa shape index (κ1) is 11.8. The average Bonchev–Trinajstić information content (AvgIpc) is 2.07. The maximum absolute atomic E-state index is 5.27. The number of halogens is 1. The maximum atomic E-state index is 5.27. The molecule has 0 aromatic carbocycles. The molecule has 0 radical (unpaired) electrons. The van der Waals surface area contributed by atoms with Crippen LogP contribution < -0.4 is 0 Å². The molecule has 0 spiro atoms. The first-order chi connectivity index (χ1) is 5.43. The van der Waals surface area contributed by atoms with Gasteiger partial charge < -0.3 is 4.74 Å². The molecule has 0 unspecified atom stereocenters. The molecule has 1 fully saturated rings. The molecule has 72 valence electrons. The zero-order valence-electron chi connectivity index (χ0n) is 7.66.